The smallest absolute Gasteiger partial charge is 0.261 e. The topological polar surface area (TPSA) is 72.2 Å². The summed E-state index contributed by atoms with van der Waals surface area (Å²) in [6, 6.07) is 12.5. The Morgan fingerprint density at radius 2 is 1.89 bits per heavy atom. The Hall–Kier alpha value is -2.60. The number of nitrogens with one attached hydrogen (secondary N) is 1. The van der Waals surface area contributed by atoms with Crippen LogP contribution in [-0.4, -0.2) is 13.4 Å². The lowest BCUT2D eigenvalue weighted by Crippen LogP contribution is -2.15. The summed E-state index contributed by atoms with van der Waals surface area (Å²) in [6.45, 7) is 3.91. The van der Waals surface area contributed by atoms with Gasteiger partial charge in [-0.1, -0.05) is 25.1 Å². The number of anilines is 1. The highest BCUT2D eigenvalue weighted by Gasteiger charge is 2.28. The van der Waals surface area contributed by atoms with E-state index >= 15 is 0 Å². The molecule has 1 aliphatic carbocycles. The fourth-order valence-corrected chi connectivity index (χ4v) is 4.27. The summed E-state index contributed by atoms with van der Waals surface area (Å²) < 4.78 is 34.2. The van der Waals surface area contributed by atoms with Crippen molar-refractivity contribution in [1.82, 2.24) is 4.98 Å². The Balaban J connectivity index is 1.59. The fraction of sp³-hybridized carbons (Fsp3) is 0.286. The minimum absolute atomic E-state index is 0.221. The minimum Gasteiger partial charge on any atom is -0.440 e. The Morgan fingerprint density at radius 1 is 1.15 bits per heavy atom. The van der Waals surface area contributed by atoms with E-state index in [1.54, 1.807) is 30.5 Å². The molecule has 5 nitrogen and oxygen atoms in total. The predicted molar refractivity (Wildman–Crippen MR) is 105 cm³/mol. The molecule has 0 radical (unpaired) electrons. The first kappa shape index (κ1) is 17.8. The van der Waals surface area contributed by atoms with Gasteiger partial charge in [0.2, 0.25) is 0 Å². The van der Waals surface area contributed by atoms with Crippen LogP contribution in [-0.2, 0) is 16.4 Å². The first-order chi connectivity index (χ1) is 13.0. The van der Waals surface area contributed by atoms with Crippen LogP contribution in [0.1, 0.15) is 42.7 Å². The molecule has 0 spiro atoms. The van der Waals surface area contributed by atoms with Crippen LogP contribution >= 0.6 is 0 Å². The SMILES string of the molecule is CCc1cccc(C)c1NS(=O)(=O)c1ccc(-c2cnc(C3CC3)o2)cc1. The Bertz CT molecular complexity index is 1070. The second-order valence-electron chi connectivity index (χ2n) is 6.93. The van der Waals surface area contributed by atoms with Gasteiger partial charge in [0.25, 0.3) is 10.0 Å². The largest absolute Gasteiger partial charge is 0.440 e. The molecular formula is C21H22N2O3S. The van der Waals surface area contributed by atoms with Crippen LogP contribution in [0.4, 0.5) is 5.69 Å². The molecule has 1 aromatic heterocycles. The van der Waals surface area contributed by atoms with E-state index in [2.05, 4.69) is 9.71 Å². The maximum Gasteiger partial charge on any atom is 0.261 e. The maximum atomic E-state index is 12.8. The van der Waals surface area contributed by atoms with Gasteiger partial charge in [0.1, 0.15) is 0 Å². The van der Waals surface area contributed by atoms with Gasteiger partial charge in [-0.3, -0.25) is 4.72 Å². The lowest BCUT2D eigenvalue weighted by atomic mass is 10.1. The van der Waals surface area contributed by atoms with Gasteiger partial charge in [0, 0.05) is 11.5 Å². The summed E-state index contributed by atoms with van der Waals surface area (Å²) in [4.78, 5) is 4.53. The first-order valence-corrected chi connectivity index (χ1v) is 10.6. The van der Waals surface area contributed by atoms with Gasteiger partial charge in [0.15, 0.2) is 11.7 Å². The molecule has 3 aromatic rings. The van der Waals surface area contributed by atoms with Crippen molar-refractivity contribution in [3.05, 3.63) is 65.7 Å². The van der Waals surface area contributed by atoms with E-state index in [4.69, 9.17) is 4.42 Å². The summed E-state index contributed by atoms with van der Waals surface area (Å²) in [5, 5.41) is 0. The van der Waals surface area contributed by atoms with E-state index in [0.29, 0.717) is 17.4 Å². The van der Waals surface area contributed by atoms with Gasteiger partial charge in [-0.05, 0) is 61.6 Å². The molecule has 0 atom stereocenters. The molecule has 140 valence electrons. The number of sulfonamides is 1. The summed E-state index contributed by atoms with van der Waals surface area (Å²) in [5.41, 5.74) is 3.36. The number of hydrogen-bond donors (Lipinski definition) is 1. The number of hydrogen-bond acceptors (Lipinski definition) is 4. The van der Waals surface area contributed by atoms with Crippen molar-refractivity contribution in [3.63, 3.8) is 0 Å². The summed E-state index contributed by atoms with van der Waals surface area (Å²) >= 11 is 0. The van der Waals surface area contributed by atoms with Gasteiger partial charge in [-0.2, -0.15) is 0 Å². The Labute approximate surface area is 159 Å². The second kappa shape index (κ2) is 6.85. The Kier molecular flexibility index (Phi) is 4.52. The lowest BCUT2D eigenvalue weighted by molar-refractivity contribution is 0.509. The average Bonchev–Trinajstić information content (AvgIpc) is 3.40. The van der Waals surface area contributed by atoms with E-state index in [0.717, 1.165) is 41.8 Å². The van der Waals surface area contributed by atoms with E-state index in [1.165, 1.54) is 0 Å². The van der Waals surface area contributed by atoms with Crippen LogP contribution in [0.5, 0.6) is 0 Å². The molecule has 27 heavy (non-hydrogen) atoms. The molecule has 0 unspecified atom stereocenters. The molecule has 1 aliphatic rings. The zero-order chi connectivity index (χ0) is 19.0. The van der Waals surface area contributed by atoms with Crippen molar-refractivity contribution >= 4 is 15.7 Å². The van der Waals surface area contributed by atoms with Crippen LogP contribution in [0.25, 0.3) is 11.3 Å². The molecule has 1 heterocycles. The van der Waals surface area contributed by atoms with Gasteiger partial charge in [0.05, 0.1) is 16.8 Å². The number of para-hydroxylation sites is 1. The molecule has 0 bridgehead atoms. The molecular weight excluding hydrogens is 360 g/mol. The molecule has 1 N–H and O–H groups in total. The highest BCUT2D eigenvalue weighted by Crippen LogP contribution is 2.40. The fourth-order valence-electron chi connectivity index (χ4n) is 3.10. The third-order valence-corrected chi connectivity index (χ3v) is 6.24. The van der Waals surface area contributed by atoms with Crippen molar-refractivity contribution in [3.8, 4) is 11.3 Å². The number of aryl methyl sites for hydroxylation is 2. The number of benzene rings is 2. The zero-order valence-corrected chi connectivity index (χ0v) is 16.2. The molecule has 4 rings (SSSR count). The Morgan fingerprint density at radius 3 is 2.56 bits per heavy atom. The van der Waals surface area contributed by atoms with Gasteiger partial charge in [-0.25, -0.2) is 13.4 Å². The third kappa shape index (κ3) is 3.62. The normalized spacial score (nSPS) is 14.3. The quantitative estimate of drug-likeness (QED) is 0.659. The highest BCUT2D eigenvalue weighted by molar-refractivity contribution is 7.92. The third-order valence-electron chi connectivity index (χ3n) is 4.88. The monoisotopic (exact) mass is 382 g/mol. The molecule has 0 saturated heterocycles. The van der Waals surface area contributed by atoms with Crippen molar-refractivity contribution in [2.24, 2.45) is 0 Å². The standard InChI is InChI=1S/C21H22N2O3S/c1-3-15-6-4-5-14(2)20(15)23-27(24,25)18-11-9-16(10-12-18)19-13-22-21(26-19)17-7-8-17/h4-6,9-13,17,23H,3,7-8H2,1-2H3. The maximum absolute atomic E-state index is 12.8. The van der Waals surface area contributed by atoms with Crippen LogP contribution in [0.2, 0.25) is 0 Å². The van der Waals surface area contributed by atoms with E-state index in [1.807, 2.05) is 32.0 Å². The molecule has 1 fully saturated rings. The van der Waals surface area contributed by atoms with Gasteiger partial charge in [-0.15, -0.1) is 0 Å². The van der Waals surface area contributed by atoms with E-state index in [-0.39, 0.29) is 4.90 Å². The van der Waals surface area contributed by atoms with Crippen molar-refractivity contribution in [1.29, 1.82) is 0 Å². The van der Waals surface area contributed by atoms with Gasteiger partial charge < -0.3 is 4.42 Å². The molecule has 2 aromatic carbocycles. The van der Waals surface area contributed by atoms with Gasteiger partial charge >= 0.3 is 0 Å². The molecule has 0 aliphatic heterocycles. The lowest BCUT2D eigenvalue weighted by Gasteiger charge is -2.14. The van der Waals surface area contributed by atoms with E-state index in [9.17, 15) is 8.42 Å². The summed E-state index contributed by atoms with van der Waals surface area (Å²) in [6.07, 6.45) is 4.71. The predicted octanol–water partition coefficient (Wildman–Crippen LogP) is 4.89. The van der Waals surface area contributed by atoms with Crippen LogP contribution in [0.15, 0.2) is 58.0 Å². The van der Waals surface area contributed by atoms with Crippen LogP contribution in [0.3, 0.4) is 0 Å². The van der Waals surface area contributed by atoms with Crippen molar-refractivity contribution in [2.45, 2.75) is 43.9 Å². The van der Waals surface area contributed by atoms with Crippen molar-refractivity contribution in [2.75, 3.05) is 4.72 Å². The zero-order valence-electron chi connectivity index (χ0n) is 15.4. The second-order valence-corrected chi connectivity index (χ2v) is 8.61. The number of nitrogens with zero attached hydrogens (tertiary/aromatic N) is 1. The first-order valence-electron chi connectivity index (χ1n) is 9.15. The number of rotatable bonds is 6. The van der Waals surface area contributed by atoms with Crippen molar-refractivity contribution < 1.29 is 12.8 Å². The van der Waals surface area contributed by atoms with E-state index < -0.39 is 10.0 Å². The number of aromatic nitrogens is 1. The highest BCUT2D eigenvalue weighted by atomic mass is 32.2. The molecule has 0 amide bonds. The minimum atomic E-state index is -3.66. The number of oxazole rings is 1. The summed E-state index contributed by atoms with van der Waals surface area (Å²) in [5.74, 6) is 1.89. The molecule has 1 saturated carbocycles. The average molecular weight is 382 g/mol. The van der Waals surface area contributed by atoms with Crippen LogP contribution in [0, 0.1) is 6.92 Å². The van der Waals surface area contributed by atoms with Crippen LogP contribution < -0.4 is 4.72 Å². The molecule has 6 heteroatoms. The summed E-state index contributed by atoms with van der Waals surface area (Å²) in [7, 11) is -3.66.